The standard InChI is InChI=1S/C23H40N6O7/c1-16(2)23(36)29-15-9-22(35)28-14-8-21(34)27-13-7-20(33)26-12-6-19(32)25-11-5-18(31)24-10-4-17(3)30/h16H,4-15H2,1-3H3,(H,24,31)(H,25,32)(H,26,33)(H,27,34)(H,28,35)(H,29,36). The number of hydrogen-bond acceptors (Lipinski definition) is 7. The second-order valence-electron chi connectivity index (χ2n) is 8.40. The number of nitrogens with one attached hydrogen (secondary N) is 6. The van der Waals surface area contributed by atoms with E-state index in [1.165, 1.54) is 6.92 Å². The minimum absolute atomic E-state index is 0.0177. The molecule has 204 valence electrons. The molecule has 0 aromatic rings. The number of amides is 6. The van der Waals surface area contributed by atoms with E-state index in [2.05, 4.69) is 31.9 Å². The van der Waals surface area contributed by atoms with Crippen LogP contribution >= 0.6 is 0 Å². The van der Waals surface area contributed by atoms with Crippen molar-refractivity contribution in [2.75, 3.05) is 39.3 Å². The van der Waals surface area contributed by atoms with Gasteiger partial charge in [0.05, 0.1) is 0 Å². The Labute approximate surface area is 211 Å². The molecule has 0 spiro atoms. The van der Waals surface area contributed by atoms with E-state index in [-0.39, 0.29) is 125 Å². The molecular formula is C23H40N6O7. The summed E-state index contributed by atoms with van der Waals surface area (Å²) in [7, 11) is 0. The Balaban J connectivity index is 3.71. The normalized spacial score (nSPS) is 10.2. The Morgan fingerprint density at radius 3 is 0.944 bits per heavy atom. The van der Waals surface area contributed by atoms with Crippen LogP contribution in [0.15, 0.2) is 0 Å². The van der Waals surface area contributed by atoms with E-state index < -0.39 is 0 Å². The molecule has 0 aromatic heterocycles. The summed E-state index contributed by atoms with van der Waals surface area (Å²) < 4.78 is 0. The van der Waals surface area contributed by atoms with Crippen LogP contribution in [0.4, 0.5) is 0 Å². The number of rotatable bonds is 19. The molecule has 0 aliphatic rings. The van der Waals surface area contributed by atoms with Gasteiger partial charge in [0.2, 0.25) is 35.4 Å². The quantitative estimate of drug-likeness (QED) is 0.118. The van der Waals surface area contributed by atoms with Gasteiger partial charge in [-0.2, -0.15) is 0 Å². The molecule has 6 N–H and O–H groups in total. The van der Waals surface area contributed by atoms with Gasteiger partial charge < -0.3 is 31.9 Å². The van der Waals surface area contributed by atoms with Gasteiger partial charge in [-0.25, -0.2) is 0 Å². The molecule has 0 rings (SSSR count). The van der Waals surface area contributed by atoms with Crippen molar-refractivity contribution in [1.82, 2.24) is 31.9 Å². The summed E-state index contributed by atoms with van der Waals surface area (Å²) in [5.41, 5.74) is 0. The summed E-state index contributed by atoms with van der Waals surface area (Å²) in [5.74, 6) is -1.80. The molecule has 0 heterocycles. The lowest BCUT2D eigenvalue weighted by Crippen LogP contribution is -2.36. The third-order valence-corrected chi connectivity index (χ3v) is 4.67. The van der Waals surface area contributed by atoms with E-state index >= 15 is 0 Å². The molecule has 0 aliphatic carbocycles. The molecular weight excluding hydrogens is 472 g/mol. The van der Waals surface area contributed by atoms with Crippen molar-refractivity contribution in [2.45, 2.75) is 59.3 Å². The van der Waals surface area contributed by atoms with Gasteiger partial charge in [-0.3, -0.25) is 33.6 Å². The van der Waals surface area contributed by atoms with Crippen molar-refractivity contribution in [3.63, 3.8) is 0 Å². The zero-order valence-electron chi connectivity index (χ0n) is 21.4. The van der Waals surface area contributed by atoms with Crippen LogP contribution in [0.3, 0.4) is 0 Å². The topological polar surface area (TPSA) is 192 Å². The van der Waals surface area contributed by atoms with Crippen molar-refractivity contribution in [3.05, 3.63) is 0 Å². The van der Waals surface area contributed by atoms with Gasteiger partial charge in [0.25, 0.3) is 0 Å². The predicted molar refractivity (Wildman–Crippen MR) is 131 cm³/mol. The van der Waals surface area contributed by atoms with Gasteiger partial charge in [-0.05, 0) is 6.92 Å². The average molecular weight is 513 g/mol. The van der Waals surface area contributed by atoms with E-state index in [9.17, 15) is 33.6 Å². The molecule has 0 aliphatic heterocycles. The molecule has 13 heteroatoms. The fourth-order valence-corrected chi connectivity index (χ4v) is 2.59. The third-order valence-electron chi connectivity index (χ3n) is 4.67. The summed E-state index contributed by atoms with van der Waals surface area (Å²) in [6.07, 6.45) is 0.619. The van der Waals surface area contributed by atoms with Crippen LogP contribution in [0, 0.1) is 5.92 Å². The summed E-state index contributed by atoms with van der Waals surface area (Å²) in [5, 5.41) is 15.5. The maximum atomic E-state index is 11.8. The number of carbonyl (C=O) groups excluding carboxylic acids is 7. The van der Waals surface area contributed by atoms with Crippen LogP contribution in [-0.4, -0.2) is 80.5 Å². The molecule has 36 heavy (non-hydrogen) atoms. The van der Waals surface area contributed by atoms with Gasteiger partial charge >= 0.3 is 0 Å². The fourth-order valence-electron chi connectivity index (χ4n) is 2.59. The minimum atomic E-state index is -0.329. The van der Waals surface area contributed by atoms with E-state index in [4.69, 9.17) is 0 Å². The largest absolute Gasteiger partial charge is 0.356 e. The Hall–Kier alpha value is -3.51. The van der Waals surface area contributed by atoms with E-state index in [1.807, 2.05) is 0 Å². The molecule has 6 amide bonds. The highest BCUT2D eigenvalue weighted by Gasteiger charge is 2.09. The summed E-state index contributed by atoms with van der Waals surface area (Å²) >= 11 is 0. The Morgan fingerprint density at radius 1 is 0.444 bits per heavy atom. The maximum Gasteiger partial charge on any atom is 0.222 e. The molecule has 0 atom stereocenters. The molecule has 0 fully saturated rings. The van der Waals surface area contributed by atoms with E-state index in [0.717, 1.165) is 0 Å². The van der Waals surface area contributed by atoms with Crippen LogP contribution in [0.1, 0.15) is 59.3 Å². The average Bonchev–Trinajstić information content (AvgIpc) is 2.78. The van der Waals surface area contributed by atoms with Gasteiger partial charge in [0.15, 0.2) is 0 Å². The van der Waals surface area contributed by atoms with Crippen LogP contribution in [0.5, 0.6) is 0 Å². The van der Waals surface area contributed by atoms with E-state index in [1.54, 1.807) is 13.8 Å². The SMILES string of the molecule is CC(=O)CCNC(=O)CCNC(=O)CCNC(=O)CCNC(=O)CCNC(=O)CCNC(=O)C(C)C. The second-order valence-corrected chi connectivity index (χ2v) is 8.40. The lowest BCUT2D eigenvalue weighted by molar-refractivity contribution is -0.125. The number of Topliss-reactive ketones (excluding diaryl/α,β-unsaturated/α-hetero) is 1. The van der Waals surface area contributed by atoms with Crippen LogP contribution in [-0.2, 0) is 33.6 Å². The van der Waals surface area contributed by atoms with Crippen molar-refractivity contribution >= 4 is 41.2 Å². The fraction of sp³-hybridized carbons (Fsp3) is 0.696. The first-order chi connectivity index (χ1) is 17.0. The second kappa shape index (κ2) is 19.8. The van der Waals surface area contributed by atoms with Crippen molar-refractivity contribution in [3.8, 4) is 0 Å². The maximum absolute atomic E-state index is 11.8. The molecule has 0 bridgehead atoms. The first-order valence-corrected chi connectivity index (χ1v) is 12.1. The molecule has 0 radical (unpaired) electrons. The molecule has 13 nitrogen and oxygen atoms in total. The molecule has 0 saturated heterocycles. The number of hydrogen-bond donors (Lipinski definition) is 6. The Bertz CT molecular complexity index is 770. The van der Waals surface area contributed by atoms with Gasteiger partial charge in [-0.15, -0.1) is 0 Å². The van der Waals surface area contributed by atoms with Crippen LogP contribution < -0.4 is 31.9 Å². The number of carbonyl (C=O) groups is 7. The minimum Gasteiger partial charge on any atom is -0.356 e. The zero-order valence-corrected chi connectivity index (χ0v) is 21.4. The van der Waals surface area contributed by atoms with Crippen LogP contribution in [0.2, 0.25) is 0 Å². The van der Waals surface area contributed by atoms with Crippen molar-refractivity contribution in [1.29, 1.82) is 0 Å². The van der Waals surface area contributed by atoms with Gasteiger partial charge in [-0.1, -0.05) is 13.8 Å². The highest BCUT2D eigenvalue weighted by molar-refractivity contribution is 5.82. The predicted octanol–water partition coefficient (Wildman–Crippen LogP) is -1.73. The van der Waals surface area contributed by atoms with Gasteiger partial charge in [0, 0.05) is 83.7 Å². The van der Waals surface area contributed by atoms with Crippen molar-refractivity contribution < 1.29 is 33.6 Å². The summed E-state index contributed by atoms with van der Waals surface area (Å²) in [4.78, 5) is 80.7. The highest BCUT2D eigenvalue weighted by atomic mass is 16.2. The van der Waals surface area contributed by atoms with E-state index in [0.29, 0.717) is 0 Å². The first kappa shape index (κ1) is 32.5. The number of ketones is 1. The Kier molecular flexibility index (Phi) is 17.8. The summed E-state index contributed by atoms with van der Waals surface area (Å²) in [6.45, 7) is 5.98. The van der Waals surface area contributed by atoms with Gasteiger partial charge in [0.1, 0.15) is 5.78 Å². The third kappa shape index (κ3) is 19.9. The smallest absolute Gasteiger partial charge is 0.222 e. The Morgan fingerprint density at radius 2 is 0.694 bits per heavy atom. The molecule has 0 unspecified atom stereocenters. The van der Waals surface area contributed by atoms with Crippen molar-refractivity contribution in [2.24, 2.45) is 5.92 Å². The first-order valence-electron chi connectivity index (χ1n) is 12.1. The molecule has 0 aromatic carbocycles. The zero-order chi connectivity index (χ0) is 27.3. The van der Waals surface area contributed by atoms with Crippen LogP contribution in [0.25, 0.3) is 0 Å². The highest BCUT2D eigenvalue weighted by Crippen LogP contribution is 1.91. The molecule has 0 saturated carbocycles. The summed E-state index contributed by atoms with van der Waals surface area (Å²) in [6, 6.07) is 0. The lowest BCUT2D eigenvalue weighted by Gasteiger charge is -2.09. The lowest BCUT2D eigenvalue weighted by atomic mass is 10.2. The monoisotopic (exact) mass is 512 g/mol.